The van der Waals surface area contributed by atoms with E-state index in [-0.39, 0.29) is 5.91 Å². The van der Waals surface area contributed by atoms with E-state index in [2.05, 4.69) is 10.3 Å². The summed E-state index contributed by atoms with van der Waals surface area (Å²) in [5, 5.41) is 5.41. The SMILES string of the molecule is CCOc1ccc(C(=O)Nc2nc(CSCc3cc(OC)cc(OC)c3)cs2)cc1. The lowest BCUT2D eigenvalue weighted by molar-refractivity contribution is 0.102. The number of rotatable bonds is 10. The molecule has 0 aliphatic rings. The van der Waals surface area contributed by atoms with Gasteiger partial charge in [0.05, 0.1) is 26.5 Å². The van der Waals surface area contributed by atoms with Crippen molar-refractivity contribution >= 4 is 34.1 Å². The lowest BCUT2D eigenvalue weighted by Gasteiger charge is -2.08. The Morgan fingerprint density at radius 3 is 2.37 bits per heavy atom. The summed E-state index contributed by atoms with van der Waals surface area (Å²) in [7, 11) is 3.29. The van der Waals surface area contributed by atoms with Crippen molar-refractivity contribution in [3.05, 3.63) is 64.7 Å². The second-order valence-electron chi connectivity index (χ2n) is 6.27. The number of ether oxygens (including phenoxy) is 3. The third kappa shape index (κ3) is 6.14. The standard InChI is InChI=1S/C22H24N2O4S2/c1-4-28-18-7-5-16(6-8-18)21(25)24-22-23-17(14-30-22)13-29-12-15-9-19(26-2)11-20(10-15)27-3/h5-11,14H,4,12-13H2,1-3H3,(H,23,24,25). The van der Waals surface area contributed by atoms with E-state index in [0.29, 0.717) is 17.3 Å². The molecule has 6 nitrogen and oxygen atoms in total. The molecule has 3 aromatic rings. The number of carbonyl (C=O) groups is 1. The molecule has 0 unspecified atom stereocenters. The number of methoxy groups -OCH3 is 2. The predicted molar refractivity (Wildman–Crippen MR) is 122 cm³/mol. The summed E-state index contributed by atoms with van der Waals surface area (Å²) < 4.78 is 16.0. The third-order valence-corrected chi connectivity index (χ3v) is 5.97. The molecular formula is C22H24N2O4S2. The maximum absolute atomic E-state index is 12.4. The van der Waals surface area contributed by atoms with E-state index < -0.39 is 0 Å². The minimum Gasteiger partial charge on any atom is -0.497 e. The van der Waals surface area contributed by atoms with Gasteiger partial charge in [-0.3, -0.25) is 10.1 Å². The zero-order valence-electron chi connectivity index (χ0n) is 17.1. The first kappa shape index (κ1) is 22.0. The Morgan fingerprint density at radius 2 is 1.73 bits per heavy atom. The number of carbonyl (C=O) groups excluding carboxylic acids is 1. The number of hydrogen-bond acceptors (Lipinski definition) is 7. The van der Waals surface area contributed by atoms with E-state index in [1.54, 1.807) is 50.2 Å². The van der Waals surface area contributed by atoms with Crippen LogP contribution in [0.1, 0.15) is 28.5 Å². The molecule has 1 N–H and O–H groups in total. The molecule has 0 saturated carbocycles. The van der Waals surface area contributed by atoms with E-state index >= 15 is 0 Å². The maximum atomic E-state index is 12.4. The van der Waals surface area contributed by atoms with Crippen molar-refractivity contribution in [3.8, 4) is 17.2 Å². The molecule has 3 rings (SSSR count). The molecule has 1 heterocycles. The molecule has 0 saturated heterocycles. The second kappa shape index (κ2) is 10.9. The van der Waals surface area contributed by atoms with Crippen LogP contribution in [0.5, 0.6) is 17.2 Å². The molecule has 0 spiro atoms. The molecule has 0 radical (unpaired) electrons. The van der Waals surface area contributed by atoms with Crippen LogP contribution in [0.3, 0.4) is 0 Å². The monoisotopic (exact) mass is 444 g/mol. The summed E-state index contributed by atoms with van der Waals surface area (Å²) in [4.78, 5) is 16.9. The highest BCUT2D eigenvalue weighted by atomic mass is 32.2. The highest BCUT2D eigenvalue weighted by molar-refractivity contribution is 7.97. The van der Waals surface area contributed by atoms with Crippen LogP contribution < -0.4 is 19.5 Å². The first-order valence-corrected chi connectivity index (χ1v) is 11.4. The van der Waals surface area contributed by atoms with Crippen LogP contribution in [0.2, 0.25) is 0 Å². The quantitative estimate of drug-likeness (QED) is 0.461. The molecule has 0 aliphatic heterocycles. The Labute approximate surface area is 184 Å². The van der Waals surface area contributed by atoms with Gasteiger partial charge in [0.15, 0.2) is 5.13 Å². The molecule has 0 bridgehead atoms. The van der Waals surface area contributed by atoms with Gasteiger partial charge in [0, 0.05) is 28.5 Å². The van der Waals surface area contributed by atoms with Crippen LogP contribution in [-0.4, -0.2) is 31.7 Å². The van der Waals surface area contributed by atoms with E-state index in [4.69, 9.17) is 14.2 Å². The topological polar surface area (TPSA) is 69.7 Å². The van der Waals surface area contributed by atoms with Crippen LogP contribution in [0.4, 0.5) is 5.13 Å². The van der Waals surface area contributed by atoms with E-state index in [1.165, 1.54) is 11.3 Å². The highest BCUT2D eigenvalue weighted by Gasteiger charge is 2.10. The number of amides is 1. The summed E-state index contributed by atoms with van der Waals surface area (Å²) in [6, 6.07) is 12.9. The summed E-state index contributed by atoms with van der Waals surface area (Å²) >= 11 is 3.16. The molecule has 1 amide bonds. The minimum absolute atomic E-state index is 0.185. The van der Waals surface area contributed by atoms with Gasteiger partial charge in [-0.1, -0.05) is 0 Å². The number of thiazole rings is 1. The fourth-order valence-corrected chi connectivity index (χ4v) is 4.36. The lowest BCUT2D eigenvalue weighted by atomic mass is 10.2. The van der Waals surface area contributed by atoms with Crippen molar-refractivity contribution in [3.63, 3.8) is 0 Å². The first-order valence-electron chi connectivity index (χ1n) is 9.39. The zero-order valence-corrected chi connectivity index (χ0v) is 18.8. The molecular weight excluding hydrogens is 420 g/mol. The lowest BCUT2D eigenvalue weighted by Crippen LogP contribution is -2.11. The Hall–Kier alpha value is -2.71. The van der Waals surface area contributed by atoms with Crippen molar-refractivity contribution in [2.24, 2.45) is 0 Å². The number of hydrogen-bond donors (Lipinski definition) is 1. The number of aromatic nitrogens is 1. The van der Waals surface area contributed by atoms with Gasteiger partial charge in [0.25, 0.3) is 5.91 Å². The average Bonchev–Trinajstić information content (AvgIpc) is 3.21. The van der Waals surface area contributed by atoms with Crippen LogP contribution >= 0.6 is 23.1 Å². The smallest absolute Gasteiger partial charge is 0.257 e. The zero-order chi connectivity index (χ0) is 21.3. The van der Waals surface area contributed by atoms with Crippen molar-refractivity contribution in [1.29, 1.82) is 0 Å². The molecule has 1 aromatic heterocycles. The molecule has 0 atom stereocenters. The number of anilines is 1. The minimum atomic E-state index is -0.185. The molecule has 8 heteroatoms. The van der Waals surface area contributed by atoms with Gasteiger partial charge >= 0.3 is 0 Å². The molecule has 0 fully saturated rings. The summed E-state index contributed by atoms with van der Waals surface area (Å²) in [6.45, 7) is 2.52. The van der Waals surface area contributed by atoms with E-state index in [1.807, 2.05) is 30.5 Å². The number of nitrogens with one attached hydrogen (secondary N) is 1. The fraction of sp³-hybridized carbons (Fsp3) is 0.273. The van der Waals surface area contributed by atoms with Crippen molar-refractivity contribution in [2.75, 3.05) is 26.1 Å². The van der Waals surface area contributed by atoms with Gasteiger partial charge in [0.2, 0.25) is 0 Å². The molecule has 158 valence electrons. The Kier molecular flexibility index (Phi) is 7.98. The van der Waals surface area contributed by atoms with Gasteiger partial charge in [-0.25, -0.2) is 4.98 Å². The number of benzene rings is 2. The molecule has 2 aromatic carbocycles. The summed E-state index contributed by atoms with van der Waals surface area (Å²) in [5.74, 6) is 3.66. The van der Waals surface area contributed by atoms with Crippen molar-refractivity contribution in [2.45, 2.75) is 18.4 Å². The Morgan fingerprint density at radius 1 is 1.03 bits per heavy atom. The Balaban J connectivity index is 1.52. The average molecular weight is 445 g/mol. The normalized spacial score (nSPS) is 10.5. The van der Waals surface area contributed by atoms with E-state index in [9.17, 15) is 4.79 Å². The summed E-state index contributed by atoms with van der Waals surface area (Å²) in [5.41, 5.74) is 2.62. The summed E-state index contributed by atoms with van der Waals surface area (Å²) in [6.07, 6.45) is 0. The van der Waals surface area contributed by atoms with E-state index in [0.717, 1.165) is 40.0 Å². The van der Waals surface area contributed by atoms with Crippen LogP contribution in [0.25, 0.3) is 0 Å². The predicted octanol–water partition coefficient (Wildman–Crippen LogP) is 5.24. The highest BCUT2D eigenvalue weighted by Crippen LogP contribution is 2.27. The van der Waals surface area contributed by atoms with Crippen molar-refractivity contribution in [1.82, 2.24) is 4.98 Å². The van der Waals surface area contributed by atoms with Crippen LogP contribution in [0.15, 0.2) is 47.8 Å². The molecule has 0 aliphatic carbocycles. The van der Waals surface area contributed by atoms with Crippen LogP contribution in [0, 0.1) is 0 Å². The Bertz CT molecular complexity index is 951. The van der Waals surface area contributed by atoms with Gasteiger partial charge in [-0.2, -0.15) is 11.8 Å². The van der Waals surface area contributed by atoms with Gasteiger partial charge in [-0.15, -0.1) is 11.3 Å². The van der Waals surface area contributed by atoms with Gasteiger partial charge in [-0.05, 0) is 48.9 Å². The second-order valence-corrected chi connectivity index (χ2v) is 8.11. The molecule has 30 heavy (non-hydrogen) atoms. The third-order valence-electron chi connectivity index (χ3n) is 4.13. The van der Waals surface area contributed by atoms with Gasteiger partial charge in [0.1, 0.15) is 17.2 Å². The van der Waals surface area contributed by atoms with Crippen LogP contribution in [-0.2, 0) is 11.5 Å². The van der Waals surface area contributed by atoms with Gasteiger partial charge < -0.3 is 14.2 Å². The number of nitrogens with zero attached hydrogens (tertiary/aromatic N) is 1. The maximum Gasteiger partial charge on any atom is 0.257 e. The fourth-order valence-electron chi connectivity index (χ4n) is 2.69. The first-order chi connectivity index (χ1) is 14.6. The largest absolute Gasteiger partial charge is 0.497 e. The number of thioether (sulfide) groups is 1. The van der Waals surface area contributed by atoms with Crippen molar-refractivity contribution < 1.29 is 19.0 Å².